The second-order valence-electron chi connectivity index (χ2n) is 6.21. The van der Waals surface area contributed by atoms with Crippen LogP contribution in [0.15, 0.2) is 35.1 Å². The fourth-order valence-electron chi connectivity index (χ4n) is 2.37. The Hall–Kier alpha value is -1.36. The summed E-state index contributed by atoms with van der Waals surface area (Å²) in [5.41, 5.74) is 2.74. The first-order valence-corrected chi connectivity index (χ1v) is 11.5. The zero-order valence-electron chi connectivity index (χ0n) is 18.3. The highest BCUT2D eigenvalue weighted by Crippen LogP contribution is 2.51. The van der Waals surface area contributed by atoms with Crippen LogP contribution < -0.4 is 0 Å². The molecule has 0 aliphatic carbocycles. The molecule has 0 amide bonds. The number of hydrogen-bond donors (Lipinski definition) is 0. The molecular formula is C21H37O6P. The van der Waals surface area contributed by atoms with E-state index in [4.69, 9.17) is 13.6 Å². The van der Waals surface area contributed by atoms with Crippen LogP contribution in [0.1, 0.15) is 73.1 Å². The van der Waals surface area contributed by atoms with E-state index in [0.29, 0.717) is 12.8 Å². The molecule has 6 nitrogen and oxygen atoms in total. The van der Waals surface area contributed by atoms with Crippen molar-refractivity contribution in [1.82, 2.24) is 0 Å². The first-order chi connectivity index (χ1) is 13.3. The van der Waals surface area contributed by atoms with Crippen molar-refractivity contribution in [2.45, 2.75) is 73.1 Å². The number of ether oxygens (including phenoxy) is 1. The maximum Gasteiger partial charge on any atom is 0.529 e. The molecule has 162 valence electrons. The van der Waals surface area contributed by atoms with Crippen molar-refractivity contribution in [2.75, 3.05) is 20.3 Å². The Balaban J connectivity index is 5.07. The molecule has 0 saturated heterocycles. The van der Waals surface area contributed by atoms with E-state index >= 15 is 0 Å². The molecule has 0 aliphatic rings. The molecule has 0 bridgehead atoms. The molecule has 0 spiro atoms. The molecule has 0 aromatic rings. The van der Waals surface area contributed by atoms with Gasteiger partial charge in [-0.25, -0.2) is 9.36 Å². The van der Waals surface area contributed by atoms with Crippen molar-refractivity contribution >= 4 is 13.8 Å². The van der Waals surface area contributed by atoms with Crippen LogP contribution in [0.4, 0.5) is 0 Å². The average Bonchev–Trinajstić information content (AvgIpc) is 2.66. The molecular weight excluding hydrogens is 379 g/mol. The molecule has 0 aliphatic heterocycles. The number of hydrogen-bond acceptors (Lipinski definition) is 6. The maximum absolute atomic E-state index is 12.6. The Labute approximate surface area is 170 Å². The van der Waals surface area contributed by atoms with Crippen LogP contribution in [-0.2, 0) is 27.7 Å². The minimum absolute atomic E-state index is 0.174. The normalized spacial score (nSPS) is 13.6. The summed E-state index contributed by atoms with van der Waals surface area (Å²) in [6.07, 6.45) is 10.7. The lowest BCUT2D eigenvalue weighted by Gasteiger charge is -2.18. The van der Waals surface area contributed by atoms with Crippen LogP contribution in [0.5, 0.6) is 0 Å². The summed E-state index contributed by atoms with van der Waals surface area (Å²) in [5.74, 6) is -0.347. The van der Waals surface area contributed by atoms with E-state index in [2.05, 4.69) is 37.7 Å². The summed E-state index contributed by atoms with van der Waals surface area (Å²) in [6.45, 7) is 10.2. The number of rotatable bonds is 15. The highest BCUT2D eigenvalue weighted by molar-refractivity contribution is 7.48. The molecule has 0 atom stereocenters. The van der Waals surface area contributed by atoms with Gasteiger partial charge >= 0.3 is 13.8 Å². The third-order valence-corrected chi connectivity index (χ3v) is 5.68. The summed E-state index contributed by atoms with van der Waals surface area (Å²) in [5, 5.41) is 0. The molecule has 0 radical (unpaired) electrons. The lowest BCUT2D eigenvalue weighted by Crippen LogP contribution is -2.04. The minimum atomic E-state index is -3.75. The number of esters is 1. The van der Waals surface area contributed by atoms with Crippen molar-refractivity contribution in [3.8, 4) is 0 Å². The van der Waals surface area contributed by atoms with E-state index < -0.39 is 13.8 Å². The Bertz CT molecular complexity index is 582. The van der Waals surface area contributed by atoms with E-state index in [1.807, 2.05) is 0 Å². The first-order valence-electron chi connectivity index (χ1n) is 10.0. The molecule has 0 rings (SSSR count). The lowest BCUT2D eigenvalue weighted by atomic mass is 10.0. The number of allylic oxidation sites excluding steroid dienone is 5. The smallest absolute Gasteiger partial charge is 0.466 e. The van der Waals surface area contributed by atoms with Gasteiger partial charge in [-0.15, -0.1) is 0 Å². The molecule has 7 heteroatoms. The summed E-state index contributed by atoms with van der Waals surface area (Å²) < 4.78 is 33.0. The van der Waals surface area contributed by atoms with Crippen molar-refractivity contribution in [1.29, 1.82) is 0 Å². The van der Waals surface area contributed by atoms with Gasteiger partial charge in [-0.3, -0.25) is 9.05 Å². The molecule has 0 heterocycles. The van der Waals surface area contributed by atoms with Crippen LogP contribution >= 0.6 is 7.82 Å². The Kier molecular flexibility index (Phi) is 14.8. The number of carbonyl (C=O) groups excluding carboxylic acids is 1. The third-order valence-electron chi connectivity index (χ3n) is 4.08. The standard InChI is InChI=1S/C21H37O6P/c1-7-18(5)13-11-14-19(8-2)15-12-16-20(17-21(22)24-6)27-28(23,25-9-3)26-10-4/h13,15,17H,7-12,14,16H2,1-6H3/b18-13+,19-15+,20-17-. The maximum atomic E-state index is 12.6. The van der Waals surface area contributed by atoms with E-state index in [1.54, 1.807) is 13.8 Å². The van der Waals surface area contributed by atoms with Gasteiger partial charge in [0.25, 0.3) is 0 Å². The summed E-state index contributed by atoms with van der Waals surface area (Å²) in [6, 6.07) is 0. The molecule has 0 fully saturated rings. The van der Waals surface area contributed by atoms with Crippen molar-refractivity contribution in [3.63, 3.8) is 0 Å². The molecule has 0 aromatic heterocycles. The SMILES string of the molecule is CCOP(=O)(OCC)O/C(=C\C(=O)OC)CC/C=C(\CC)CC/C=C(\C)CC. The number of phosphoric ester groups is 1. The molecule has 0 saturated carbocycles. The van der Waals surface area contributed by atoms with E-state index in [-0.39, 0.29) is 19.0 Å². The highest BCUT2D eigenvalue weighted by atomic mass is 31.2. The monoisotopic (exact) mass is 416 g/mol. The Morgan fingerprint density at radius 1 is 0.929 bits per heavy atom. The second kappa shape index (κ2) is 15.5. The van der Waals surface area contributed by atoms with Crippen LogP contribution in [-0.4, -0.2) is 26.3 Å². The van der Waals surface area contributed by atoms with E-state index in [0.717, 1.165) is 25.7 Å². The Morgan fingerprint density at radius 2 is 1.54 bits per heavy atom. The largest absolute Gasteiger partial charge is 0.529 e. The van der Waals surface area contributed by atoms with Gasteiger partial charge in [0.1, 0.15) is 5.76 Å². The van der Waals surface area contributed by atoms with Gasteiger partial charge in [0.05, 0.1) is 26.4 Å². The van der Waals surface area contributed by atoms with Gasteiger partial charge in [-0.2, -0.15) is 0 Å². The van der Waals surface area contributed by atoms with Crippen LogP contribution in [0.25, 0.3) is 0 Å². The van der Waals surface area contributed by atoms with Gasteiger partial charge < -0.3 is 9.26 Å². The molecule has 28 heavy (non-hydrogen) atoms. The third kappa shape index (κ3) is 12.2. The van der Waals surface area contributed by atoms with Crippen LogP contribution in [0.2, 0.25) is 0 Å². The molecule has 0 aromatic carbocycles. The van der Waals surface area contributed by atoms with Crippen molar-refractivity contribution in [3.05, 3.63) is 35.1 Å². The average molecular weight is 416 g/mol. The van der Waals surface area contributed by atoms with Crippen LogP contribution in [0.3, 0.4) is 0 Å². The van der Waals surface area contributed by atoms with E-state index in [1.165, 1.54) is 24.3 Å². The zero-order chi connectivity index (χ0) is 21.4. The summed E-state index contributed by atoms with van der Waals surface area (Å²) in [7, 11) is -2.47. The fraction of sp³-hybridized carbons (Fsp3) is 0.667. The van der Waals surface area contributed by atoms with Crippen molar-refractivity contribution < 1.29 is 27.7 Å². The predicted molar refractivity (Wildman–Crippen MR) is 113 cm³/mol. The van der Waals surface area contributed by atoms with Crippen molar-refractivity contribution in [2.24, 2.45) is 0 Å². The quantitative estimate of drug-likeness (QED) is 0.0998. The van der Waals surface area contributed by atoms with Gasteiger partial charge in [-0.1, -0.05) is 37.1 Å². The number of methoxy groups -OCH3 is 1. The van der Waals surface area contributed by atoms with Gasteiger partial charge in [0.2, 0.25) is 0 Å². The summed E-state index contributed by atoms with van der Waals surface area (Å²) >= 11 is 0. The van der Waals surface area contributed by atoms with E-state index in [9.17, 15) is 9.36 Å². The first kappa shape index (κ1) is 26.6. The predicted octanol–water partition coefficient (Wildman–Crippen LogP) is 6.49. The zero-order valence-corrected chi connectivity index (χ0v) is 19.2. The number of phosphoric acid groups is 1. The Morgan fingerprint density at radius 3 is 2.04 bits per heavy atom. The fourth-order valence-corrected chi connectivity index (χ4v) is 3.62. The van der Waals surface area contributed by atoms with Gasteiger partial charge in [0.15, 0.2) is 0 Å². The van der Waals surface area contributed by atoms with Gasteiger partial charge in [0, 0.05) is 6.42 Å². The minimum Gasteiger partial charge on any atom is -0.466 e. The molecule has 0 unspecified atom stereocenters. The van der Waals surface area contributed by atoms with Crippen LogP contribution in [0, 0.1) is 0 Å². The molecule has 0 N–H and O–H groups in total. The second-order valence-corrected chi connectivity index (χ2v) is 7.80. The summed E-state index contributed by atoms with van der Waals surface area (Å²) in [4.78, 5) is 11.6. The topological polar surface area (TPSA) is 71.1 Å². The number of carbonyl (C=O) groups is 1. The lowest BCUT2D eigenvalue weighted by molar-refractivity contribution is -0.135. The van der Waals surface area contributed by atoms with Gasteiger partial charge in [-0.05, 0) is 52.9 Å². The highest BCUT2D eigenvalue weighted by Gasteiger charge is 2.28.